The third-order valence-electron chi connectivity index (χ3n) is 3.75. The maximum absolute atomic E-state index is 12.8. The van der Waals surface area contributed by atoms with Crippen LogP contribution < -0.4 is 5.32 Å². The van der Waals surface area contributed by atoms with Gasteiger partial charge in [-0.3, -0.25) is 14.4 Å². The van der Waals surface area contributed by atoms with Crippen molar-refractivity contribution in [2.75, 3.05) is 17.7 Å². The number of rotatable bonds is 9. The summed E-state index contributed by atoms with van der Waals surface area (Å²) in [7, 11) is 0. The number of carbonyl (C=O) groups excluding carboxylic acids is 3. The molecule has 1 amide bonds. The number of nitrogens with one attached hydrogen (secondary N) is 1. The number of amides is 1. The van der Waals surface area contributed by atoms with Crippen molar-refractivity contribution >= 4 is 35.1 Å². The van der Waals surface area contributed by atoms with E-state index in [-0.39, 0.29) is 36.5 Å². The minimum absolute atomic E-state index is 0.105. The van der Waals surface area contributed by atoms with Crippen molar-refractivity contribution in [3.63, 3.8) is 0 Å². The van der Waals surface area contributed by atoms with Crippen LogP contribution in [0.5, 0.6) is 0 Å². The van der Waals surface area contributed by atoms with E-state index < -0.39 is 5.97 Å². The number of benzene rings is 2. The van der Waals surface area contributed by atoms with Gasteiger partial charge in [0.1, 0.15) is 5.82 Å². The molecule has 0 spiro atoms. The summed E-state index contributed by atoms with van der Waals surface area (Å²) in [4.78, 5) is 36.4. The minimum Gasteiger partial charge on any atom is -0.457 e. The van der Waals surface area contributed by atoms with E-state index in [4.69, 9.17) is 4.74 Å². The number of hydrogen-bond acceptors (Lipinski definition) is 5. The summed E-state index contributed by atoms with van der Waals surface area (Å²) in [6.45, 7) is 3.25. The molecule has 0 saturated heterocycles. The van der Waals surface area contributed by atoms with Crippen LogP contribution in [0.15, 0.2) is 53.4 Å². The highest BCUT2D eigenvalue weighted by molar-refractivity contribution is 7.99. The molecule has 0 heterocycles. The third-order valence-corrected chi connectivity index (χ3v) is 4.77. The van der Waals surface area contributed by atoms with Gasteiger partial charge in [0, 0.05) is 27.8 Å². The Morgan fingerprint density at radius 1 is 1.04 bits per heavy atom. The first kappa shape index (κ1) is 21.6. The molecule has 0 aliphatic rings. The van der Waals surface area contributed by atoms with Gasteiger partial charge in [0.2, 0.25) is 5.91 Å². The van der Waals surface area contributed by atoms with Gasteiger partial charge >= 0.3 is 5.97 Å². The van der Waals surface area contributed by atoms with E-state index in [1.54, 1.807) is 50.2 Å². The largest absolute Gasteiger partial charge is 0.457 e. The lowest BCUT2D eigenvalue weighted by Gasteiger charge is -2.08. The SMILES string of the molecule is CC(C)C(=O)Nc1ccc(C(=O)COC(=O)CCSc2ccc(F)cc2)cc1. The van der Waals surface area contributed by atoms with Crippen molar-refractivity contribution < 1.29 is 23.5 Å². The van der Waals surface area contributed by atoms with Crippen molar-refractivity contribution in [2.24, 2.45) is 5.92 Å². The predicted molar refractivity (Wildman–Crippen MR) is 107 cm³/mol. The molecule has 2 aromatic carbocycles. The Kier molecular flexibility index (Phi) is 8.19. The fourth-order valence-electron chi connectivity index (χ4n) is 2.11. The van der Waals surface area contributed by atoms with Gasteiger partial charge in [0.15, 0.2) is 12.4 Å². The van der Waals surface area contributed by atoms with Crippen molar-refractivity contribution in [3.05, 3.63) is 59.9 Å². The highest BCUT2D eigenvalue weighted by atomic mass is 32.2. The summed E-state index contributed by atoms with van der Waals surface area (Å²) in [5.74, 6) is -0.862. The summed E-state index contributed by atoms with van der Waals surface area (Å²) in [6.07, 6.45) is 0.148. The number of thioether (sulfide) groups is 1. The molecule has 2 rings (SSSR count). The Bertz CT molecular complexity index is 819. The average Bonchev–Trinajstić information content (AvgIpc) is 2.68. The van der Waals surface area contributed by atoms with E-state index >= 15 is 0 Å². The van der Waals surface area contributed by atoms with Crippen molar-refractivity contribution in [2.45, 2.75) is 25.2 Å². The molecule has 1 N–H and O–H groups in total. The van der Waals surface area contributed by atoms with E-state index in [9.17, 15) is 18.8 Å². The third kappa shape index (κ3) is 7.15. The number of ether oxygens (including phenoxy) is 1. The first-order valence-electron chi connectivity index (χ1n) is 8.83. The maximum Gasteiger partial charge on any atom is 0.307 e. The summed E-state index contributed by atoms with van der Waals surface area (Å²) >= 11 is 1.41. The van der Waals surface area contributed by atoms with Gasteiger partial charge in [-0.1, -0.05) is 13.8 Å². The first-order chi connectivity index (χ1) is 13.3. The zero-order valence-corrected chi connectivity index (χ0v) is 16.6. The van der Waals surface area contributed by atoms with Crippen LogP contribution in [-0.2, 0) is 14.3 Å². The molecule has 0 bridgehead atoms. The van der Waals surface area contributed by atoms with E-state index in [1.165, 1.54) is 23.9 Å². The Hall–Kier alpha value is -2.67. The lowest BCUT2D eigenvalue weighted by atomic mass is 10.1. The summed E-state index contributed by atoms with van der Waals surface area (Å²) in [5, 5.41) is 2.74. The molecule has 0 fully saturated rings. The van der Waals surface area contributed by atoms with Gasteiger partial charge < -0.3 is 10.1 Å². The van der Waals surface area contributed by atoms with Crippen LogP contribution in [0.3, 0.4) is 0 Å². The van der Waals surface area contributed by atoms with Gasteiger partial charge in [-0.2, -0.15) is 0 Å². The molecule has 0 unspecified atom stereocenters. The standard InChI is InChI=1S/C21H22FNO4S/c1-14(2)21(26)23-17-7-3-15(4-8-17)19(24)13-27-20(25)11-12-28-18-9-5-16(22)6-10-18/h3-10,14H,11-13H2,1-2H3,(H,23,26). The molecule has 0 aliphatic heterocycles. The molecule has 0 aromatic heterocycles. The number of carbonyl (C=O) groups is 3. The highest BCUT2D eigenvalue weighted by Gasteiger charge is 2.11. The summed E-state index contributed by atoms with van der Waals surface area (Å²) in [5.41, 5.74) is 1.00. The zero-order chi connectivity index (χ0) is 20.5. The number of halogens is 1. The molecule has 28 heavy (non-hydrogen) atoms. The van der Waals surface area contributed by atoms with E-state index in [1.807, 2.05) is 0 Å². The topological polar surface area (TPSA) is 72.5 Å². The van der Waals surface area contributed by atoms with Crippen LogP contribution in [0.1, 0.15) is 30.6 Å². The van der Waals surface area contributed by atoms with Gasteiger partial charge in [-0.25, -0.2) is 4.39 Å². The van der Waals surface area contributed by atoms with Crippen LogP contribution >= 0.6 is 11.8 Å². The van der Waals surface area contributed by atoms with Crippen molar-refractivity contribution in [1.82, 2.24) is 0 Å². The second-order valence-electron chi connectivity index (χ2n) is 6.36. The molecule has 0 atom stereocenters. The second kappa shape index (κ2) is 10.6. The Labute approximate surface area is 167 Å². The number of hydrogen-bond donors (Lipinski definition) is 1. The predicted octanol–water partition coefficient (Wildman–Crippen LogP) is 4.33. The van der Waals surface area contributed by atoms with Gasteiger partial charge in [-0.05, 0) is 48.5 Å². The van der Waals surface area contributed by atoms with Gasteiger partial charge in [0.05, 0.1) is 6.42 Å². The zero-order valence-electron chi connectivity index (χ0n) is 15.7. The van der Waals surface area contributed by atoms with E-state index in [0.29, 0.717) is 17.0 Å². The second-order valence-corrected chi connectivity index (χ2v) is 7.53. The fourth-order valence-corrected chi connectivity index (χ4v) is 2.94. The quantitative estimate of drug-likeness (QED) is 0.383. The normalized spacial score (nSPS) is 10.6. The maximum atomic E-state index is 12.8. The number of ketones is 1. The lowest BCUT2D eigenvalue weighted by molar-refractivity contribution is -0.142. The van der Waals surface area contributed by atoms with Crippen LogP contribution in [0.4, 0.5) is 10.1 Å². The van der Waals surface area contributed by atoms with Crippen LogP contribution in [0.25, 0.3) is 0 Å². The van der Waals surface area contributed by atoms with Crippen molar-refractivity contribution in [1.29, 1.82) is 0 Å². The molecule has 7 heteroatoms. The molecular weight excluding hydrogens is 381 g/mol. The Morgan fingerprint density at radius 3 is 2.29 bits per heavy atom. The van der Waals surface area contributed by atoms with Crippen LogP contribution in [0, 0.1) is 11.7 Å². The summed E-state index contributed by atoms with van der Waals surface area (Å²) in [6, 6.07) is 12.4. The number of anilines is 1. The molecule has 0 radical (unpaired) electrons. The lowest BCUT2D eigenvalue weighted by Crippen LogP contribution is -2.18. The van der Waals surface area contributed by atoms with Crippen molar-refractivity contribution in [3.8, 4) is 0 Å². The van der Waals surface area contributed by atoms with E-state index in [2.05, 4.69) is 5.32 Å². The number of Topliss-reactive ketones (excluding diaryl/α,β-unsaturated/α-hetero) is 1. The molecule has 2 aromatic rings. The van der Waals surface area contributed by atoms with Crippen LogP contribution in [0.2, 0.25) is 0 Å². The first-order valence-corrected chi connectivity index (χ1v) is 9.82. The van der Waals surface area contributed by atoms with Crippen LogP contribution in [-0.4, -0.2) is 30.0 Å². The van der Waals surface area contributed by atoms with Gasteiger partial charge in [0.25, 0.3) is 0 Å². The molecule has 5 nitrogen and oxygen atoms in total. The summed E-state index contributed by atoms with van der Waals surface area (Å²) < 4.78 is 17.8. The molecule has 0 aliphatic carbocycles. The monoisotopic (exact) mass is 403 g/mol. The minimum atomic E-state index is -0.469. The molecule has 148 valence electrons. The Morgan fingerprint density at radius 2 is 1.68 bits per heavy atom. The smallest absolute Gasteiger partial charge is 0.307 e. The number of esters is 1. The molecule has 0 saturated carbocycles. The molecular formula is C21H22FNO4S. The Balaban J connectivity index is 1.72. The van der Waals surface area contributed by atoms with E-state index in [0.717, 1.165) is 4.90 Å². The fraction of sp³-hybridized carbons (Fsp3) is 0.286. The average molecular weight is 403 g/mol. The van der Waals surface area contributed by atoms with Gasteiger partial charge in [-0.15, -0.1) is 11.8 Å². The highest BCUT2D eigenvalue weighted by Crippen LogP contribution is 2.19.